The van der Waals surface area contributed by atoms with Crippen LogP contribution < -0.4 is 0 Å². The summed E-state index contributed by atoms with van der Waals surface area (Å²) in [6, 6.07) is 0. The van der Waals surface area contributed by atoms with Crippen LogP contribution in [0, 0.1) is 5.41 Å². The zero-order chi connectivity index (χ0) is 9.49. The van der Waals surface area contributed by atoms with Crippen molar-refractivity contribution in [1.82, 2.24) is 4.90 Å². The maximum Gasteiger partial charge on any atom is 0.00265 e. The van der Waals surface area contributed by atoms with E-state index in [0.29, 0.717) is 5.41 Å². The van der Waals surface area contributed by atoms with E-state index < -0.39 is 0 Å². The van der Waals surface area contributed by atoms with Crippen molar-refractivity contribution in [3.8, 4) is 0 Å². The lowest BCUT2D eigenvalue weighted by molar-refractivity contribution is 0.233. The Hall–Kier alpha value is -0.0400. The van der Waals surface area contributed by atoms with E-state index in [2.05, 4.69) is 39.8 Å². The second kappa shape index (κ2) is 6.66. The predicted octanol–water partition coefficient (Wildman–Crippen LogP) is 3.01. The van der Waals surface area contributed by atoms with E-state index in [0.717, 1.165) is 0 Å². The largest absolute Gasteiger partial charge is 0.309 e. The molecule has 0 atom stereocenters. The minimum absolute atomic E-state index is 0.490. The molecule has 0 N–H and O–H groups in total. The monoisotopic (exact) mass is 159 g/mol. The predicted molar refractivity (Wildman–Crippen MR) is 54.0 cm³/mol. The second-order valence-corrected chi connectivity index (χ2v) is 3.76. The topological polar surface area (TPSA) is 3.24 Å². The van der Waals surface area contributed by atoms with Gasteiger partial charge in [-0.2, -0.15) is 0 Å². The molecular formula is C10H25N. The molecule has 0 aromatic carbocycles. The molecular weight excluding hydrogens is 134 g/mol. The van der Waals surface area contributed by atoms with E-state index in [9.17, 15) is 0 Å². The van der Waals surface area contributed by atoms with Gasteiger partial charge in [0, 0.05) is 6.54 Å². The van der Waals surface area contributed by atoms with Crippen LogP contribution in [-0.2, 0) is 0 Å². The lowest BCUT2D eigenvalue weighted by Gasteiger charge is -2.26. The molecule has 0 aliphatic carbocycles. The Morgan fingerprint density at radius 1 is 1.09 bits per heavy atom. The van der Waals surface area contributed by atoms with Crippen LogP contribution in [0.25, 0.3) is 0 Å². The van der Waals surface area contributed by atoms with Crippen molar-refractivity contribution in [3.05, 3.63) is 0 Å². The zero-order valence-electron chi connectivity index (χ0n) is 9.36. The van der Waals surface area contributed by atoms with Gasteiger partial charge in [0.05, 0.1) is 0 Å². The highest BCUT2D eigenvalue weighted by atomic mass is 15.1. The molecule has 0 fully saturated rings. The summed E-state index contributed by atoms with van der Waals surface area (Å²) in [6.07, 6.45) is 1.26. The van der Waals surface area contributed by atoms with Crippen molar-refractivity contribution < 1.29 is 0 Å². The molecule has 0 saturated heterocycles. The minimum atomic E-state index is 0.490. The third kappa shape index (κ3) is 9.96. The van der Waals surface area contributed by atoms with Gasteiger partial charge in [-0.15, -0.1) is 0 Å². The molecule has 11 heavy (non-hydrogen) atoms. The van der Waals surface area contributed by atoms with E-state index in [1.807, 2.05) is 13.8 Å². The van der Waals surface area contributed by atoms with Crippen LogP contribution in [0.15, 0.2) is 0 Å². The highest BCUT2D eigenvalue weighted by Gasteiger charge is 2.14. The van der Waals surface area contributed by atoms with E-state index in [-0.39, 0.29) is 0 Å². The van der Waals surface area contributed by atoms with Crippen molar-refractivity contribution in [2.45, 2.75) is 41.0 Å². The van der Waals surface area contributed by atoms with E-state index in [1.54, 1.807) is 0 Å². The average Bonchev–Trinajstić information content (AvgIpc) is 1.90. The van der Waals surface area contributed by atoms with Gasteiger partial charge in [0.2, 0.25) is 0 Å². The fraction of sp³-hybridized carbons (Fsp3) is 1.00. The van der Waals surface area contributed by atoms with Crippen molar-refractivity contribution in [2.75, 3.05) is 20.6 Å². The molecule has 1 nitrogen and oxygen atoms in total. The van der Waals surface area contributed by atoms with Crippen LogP contribution >= 0.6 is 0 Å². The first-order valence-electron chi connectivity index (χ1n) is 4.62. The van der Waals surface area contributed by atoms with Crippen LogP contribution in [0.5, 0.6) is 0 Å². The molecule has 70 valence electrons. The highest BCUT2D eigenvalue weighted by Crippen LogP contribution is 2.19. The first-order chi connectivity index (χ1) is 4.98. The Morgan fingerprint density at radius 2 is 1.45 bits per heavy atom. The Kier molecular flexibility index (Phi) is 8.20. The fourth-order valence-electron chi connectivity index (χ4n) is 0.968. The molecule has 0 aromatic heterocycles. The lowest BCUT2D eigenvalue weighted by Crippen LogP contribution is -2.27. The molecule has 0 amide bonds. The molecule has 0 heterocycles. The molecule has 0 rings (SSSR count). The number of hydrogen-bond donors (Lipinski definition) is 0. The normalized spacial score (nSPS) is 10.9. The van der Waals surface area contributed by atoms with Crippen molar-refractivity contribution in [3.63, 3.8) is 0 Å². The van der Waals surface area contributed by atoms with Gasteiger partial charge >= 0.3 is 0 Å². The minimum Gasteiger partial charge on any atom is -0.309 e. The van der Waals surface area contributed by atoms with Crippen LogP contribution in [0.2, 0.25) is 0 Å². The van der Waals surface area contributed by atoms with Gasteiger partial charge in [-0.25, -0.2) is 0 Å². The van der Waals surface area contributed by atoms with Crippen LogP contribution in [-0.4, -0.2) is 25.5 Å². The summed E-state index contributed by atoms with van der Waals surface area (Å²) in [6.45, 7) is 12.0. The maximum atomic E-state index is 2.30. The highest BCUT2D eigenvalue weighted by molar-refractivity contribution is 4.68. The molecule has 0 aliphatic rings. The molecule has 1 heteroatoms. The Labute approximate surface area is 72.8 Å². The molecule has 0 saturated carbocycles. The van der Waals surface area contributed by atoms with Gasteiger partial charge in [-0.3, -0.25) is 0 Å². The summed E-state index contributed by atoms with van der Waals surface area (Å²) >= 11 is 0. The second-order valence-electron chi connectivity index (χ2n) is 3.76. The van der Waals surface area contributed by atoms with Crippen LogP contribution in [0.4, 0.5) is 0 Å². The molecule has 0 aliphatic heterocycles. The Bertz CT molecular complexity index is 74.9. The third-order valence-electron chi connectivity index (χ3n) is 1.70. The summed E-state index contributed by atoms with van der Waals surface area (Å²) in [5.74, 6) is 0. The fourth-order valence-corrected chi connectivity index (χ4v) is 0.968. The lowest BCUT2D eigenvalue weighted by atomic mass is 9.90. The number of rotatable bonds is 3. The van der Waals surface area contributed by atoms with E-state index in [4.69, 9.17) is 0 Å². The maximum absolute atomic E-state index is 2.30. The summed E-state index contributed by atoms with van der Waals surface area (Å²) < 4.78 is 0. The summed E-state index contributed by atoms with van der Waals surface area (Å²) in [5, 5.41) is 0. The molecule has 0 bridgehead atoms. The van der Waals surface area contributed by atoms with Gasteiger partial charge in [0.1, 0.15) is 0 Å². The summed E-state index contributed by atoms with van der Waals surface area (Å²) in [4.78, 5) is 2.24. The molecule has 0 spiro atoms. The first-order valence-corrected chi connectivity index (χ1v) is 4.62. The summed E-state index contributed by atoms with van der Waals surface area (Å²) in [5.41, 5.74) is 0.490. The van der Waals surface area contributed by atoms with Crippen LogP contribution in [0.1, 0.15) is 41.0 Å². The molecule has 0 radical (unpaired) electrons. The van der Waals surface area contributed by atoms with E-state index in [1.165, 1.54) is 13.0 Å². The zero-order valence-corrected chi connectivity index (χ0v) is 9.36. The molecule has 0 aromatic rings. The number of hydrogen-bond acceptors (Lipinski definition) is 1. The van der Waals surface area contributed by atoms with Crippen molar-refractivity contribution >= 4 is 0 Å². The Morgan fingerprint density at radius 3 is 1.55 bits per heavy atom. The van der Waals surface area contributed by atoms with Gasteiger partial charge in [0.25, 0.3) is 0 Å². The van der Waals surface area contributed by atoms with E-state index >= 15 is 0 Å². The molecule has 0 unspecified atom stereocenters. The van der Waals surface area contributed by atoms with Crippen molar-refractivity contribution in [1.29, 1.82) is 0 Å². The number of nitrogens with zero attached hydrogens (tertiary/aromatic N) is 1. The smallest absolute Gasteiger partial charge is 0.00265 e. The van der Waals surface area contributed by atoms with Gasteiger partial charge < -0.3 is 4.90 Å². The third-order valence-corrected chi connectivity index (χ3v) is 1.70. The van der Waals surface area contributed by atoms with Gasteiger partial charge in [-0.1, -0.05) is 34.6 Å². The van der Waals surface area contributed by atoms with Gasteiger partial charge in [-0.05, 0) is 25.9 Å². The average molecular weight is 159 g/mol. The first kappa shape index (κ1) is 13.5. The summed E-state index contributed by atoms with van der Waals surface area (Å²) in [7, 11) is 4.24. The standard InChI is InChI=1S/C8H19N.C2H6/c1-6-8(2,3)7-9(4)5;1-2/h6-7H2,1-5H3;1-2H3. The SMILES string of the molecule is CC.CCC(C)(C)CN(C)C. The van der Waals surface area contributed by atoms with Gasteiger partial charge in [0.15, 0.2) is 0 Å². The Balaban J connectivity index is 0. The van der Waals surface area contributed by atoms with Crippen LogP contribution in [0.3, 0.4) is 0 Å². The van der Waals surface area contributed by atoms with Crippen molar-refractivity contribution in [2.24, 2.45) is 5.41 Å². The quantitative estimate of drug-likeness (QED) is 0.612.